The van der Waals surface area contributed by atoms with Crippen molar-refractivity contribution in [2.24, 2.45) is 17.8 Å². The Hall–Kier alpha value is -3.76. The molecule has 3 amide bonds. The molecule has 0 radical (unpaired) electrons. The zero-order chi connectivity index (χ0) is 32.8. The van der Waals surface area contributed by atoms with Gasteiger partial charge in [0.05, 0.1) is 42.9 Å². The van der Waals surface area contributed by atoms with Gasteiger partial charge < -0.3 is 29.3 Å². The summed E-state index contributed by atoms with van der Waals surface area (Å²) in [6.07, 6.45) is 8.55. The first-order valence-electron chi connectivity index (χ1n) is 16.1. The van der Waals surface area contributed by atoms with Gasteiger partial charge in [0.25, 0.3) is 5.91 Å². The normalized spacial score (nSPS) is 29.4. The Morgan fingerprint density at radius 1 is 0.870 bits per heavy atom. The second-order valence-electron chi connectivity index (χ2n) is 13.0. The van der Waals surface area contributed by atoms with Gasteiger partial charge in [0.2, 0.25) is 11.8 Å². The molecule has 4 heterocycles. The van der Waals surface area contributed by atoms with Crippen LogP contribution in [0.5, 0.6) is 11.5 Å². The molecule has 4 aliphatic heterocycles. The Bertz CT molecular complexity index is 1540. The number of amides is 3. The van der Waals surface area contributed by atoms with Gasteiger partial charge in [-0.05, 0) is 74.7 Å². The highest BCUT2D eigenvalue weighted by atomic mass is 32.2. The van der Waals surface area contributed by atoms with Gasteiger partial charge in [0.1, 0.15) is 17.5 Å². The lowest BCUT2D eigenvalue weighted by molar-refractivity contribution is -0.142. The maximum atomic E-state index is 14.9. The summed E-state index contributed by atoms with van der Waals surface area (Å²) in [5.74, 6) is -0.590. The van der Waals surface area contributed by atoms with Crippen LogP contribution in [-0.4, -0.2) is 82.7 Å². The van der Waals surface area contributed by atoms with E-state index in [2.05, 4.69) is 6.08 Å². The number of aliphatic hydroxyl groups is 1. The van der Waals surface area contributed by atoms with Gasteiger partial charge in [-0.25, -0.2) is 0 Å². The third kappa shape index (κ3) is 5.19. The van der Waals surface area contributed by atoms with Gasteiger partial charge in [-0.3, -0.25) is 14.4 Å². The van der Waals surface area contributed by atoms with E-state index in [-0.39, 0.29) is 30.2 Å². The highest BCUT2D eigenvalue weighted by molar-refractivity contribution is 8.02. The number of fused-ring (bicyclic) bond motifs is 2. The predicted molar refractivity (Wildman–Crippen MR) is 180 cm³/mol. The molecule has 2 aromatic carbocycles. The Morgan fingerprint density at radius 3 is 2.02 bits per heavy atom. The fourth-order valence-electron chi connectivity index (χ4n) is 7.79. The van der Waals surface area contributed by atoms with E-state index in [9.17, 15) is 19.5 Å². The number of hydrogen-bond acceptors (Lipinski definition) is 7. The molecule has 46 heavy (non-hydrogen) atoms. The number of carbonyl (C=O) groups is 3. The molecule has 9 nitrogen and oxygen atoms in total. The summed E-state index contributed by atoms with van der Waals surface area (Å²) in [4.78, 5) is 49.5. The number of benzene rings is 2. The molecule has 10 heteroatoms. The third-order valence-corrected chi connectivity index (χ3v) is 11.5. The first-order chi connectivity index (χ1) is 22.1. The smallest absolute Gasteiger partial charge is 0.251 e. The zero-order valence-electron chi connectivity index (χ0n) is 27.1. The van der Waals surface area contributed by atoms with Gasteiger partial charge in [-0.15, -0.1) is 11.8 Å². The van der Waals surface area contributed by atoms with Crippen LogP contribution in [0.15, 0.2) is 72.8 Å². The second kappa shape index (κ2) is 12.4. The molecule has 2 saturated heterocycles. The Labute approximate surface area is 275 Å². The molecule has 0 bridgehead atoms. The minimum atomic E-state index is -1.01. The SMILES string of the molecule is CCOc1ccc(N2CC=C[C@@]3(C)S[C@]45C=CCN(c6ccc(OC)cc6)C(=O)C4N([C@@H](CO)CC(C)C)C(=O)[C@@H]5[C@H]3C2=O)cc1. The second-order valence-corrected chi connectivity index (χ2v) is 14.8. The van der Waals surface area contributed by atoms with Crippen LogP contribution in [0.25, 0.3) is 0 Å². The molecule has 1 N–H and O–H groups in total. The zero-order valence-corrected chi connectivity index (χ0v) is 27.9. The average Bonchev–Trinajstić information content (AvgIpc) is 3.31. The number of likely N-dealkylation sites (tertiary alicyclic amines) is 1. The van der Waals surface area contributed by atoms with E-state index in [0.717, 1.165) is 11.4 Å². The Kier molecular flexibility index (Phi) is 8.71. The van der Waals surface area contributed by atoms with Gasteiger partial charge >= 0.3 is 0 Å². The van der Waals surface area contributed by atoms with E-state index < -0.39 is 33.4 Å². The van der Waals surface area contributed by atoms with Crippen molar-refractivity contribution in [1.29, 1.82) is 0 Å². The van der Waals surface area contributed by atoms with E-state index >= 15 is 0 Å². The van der Waals surface area contributed by atoms with Crippen LogP contribution in [0.4, 0.5) is 11.4 Å². The summed E-state index contributed by atoms with van der Waals surface area (Å²) < 4.78 is 9.20. The number of rotatable bonds is 9. The molecule has 2 fully saturated rings. The molecule has 4 aliphatic rings. The topological polar surface area (TPSA) is 99.6 Å². The van der Waals surface area contributed by atoms with Crippen molar-refractivity contribution in [1.82, 2.24) is 4.90 Å². The molecule has 0 aromatic heterocycles. The van der Waals surface area contributed by atoms with E-state index in [0.29, 0.717) is 37.6 Å². The summed E-state index contributed by atoms with van der Waals surface area (Å²) in [5, 5.41) is 10.7. The summed E-state index contributed by atoms with van der Waals surface area (Å²) in [6.45, 7) is 8.97. The molecule has 6 rings (SSSR count). The number of thioether (sulfide) groups is 1. The number of aliphatic hydroxyl groups excluding tert-OH is 1. The van der Waals surface area contributed by atoms with E-state index in [1.165, 1.54) is 0 Å². The lowest BCUT2D eigenvalue weighted by Crippen LogP contribution is -2.57. The predicted octanol–water partition coefficient (Wildman–Crippen LogP) is 4.69. The number of hydrogen-bond donors (Lipinski definition) is 1. The summed E-state index contributed by atoms with van der Waals surface area (Å²) >= 11 is 1.54. The number of methoxy groups -OCH3 is 1. The molecule has 0 aliphatic carbocycles. The van der Waals surface area contributed by atoms with Crippen LogP contribution in [0, 0.1) is 17.8 Å². The fraction of sp³-hybridized carbons (Fsp3) is 0.472. The number of carbonyl (C=O) groups excluding carboxylic acids is 3. The minimum Gasteiger partial charge on any atom is -0.497 e. The fourth-order valence-corrected chi connectivity index (χ4v) is 9.93. The van der Waals surface area contributed by atoms with Crippen molar-refractivity contribution in [3.8, 4) is 11.5 Å². The van der Waals surface area contributed by atoms with Crippen molar-refractivity contribution < 1.29 is 29.0 Å². The molecule has 0 saturated carbocycles. The molecule has 2 aromatic rings. The maximum Gasteiger partial charge on any atom is 0.251 e. The standard InChI is InChI=1S/C36H43N3O6S/c1-6-45-28-15-11-24(12-16-28)37-19-7-17-35(4)29(32(37)41)30-33(42)39(26(22-40)21-23(2)3)31-34(43)38(20-8-18-36(30,31)46-35)25-9-13-27(44-5)14-10-25/h7-18,23,26,29-31,40H,6,19-22H2,1-5H3/t26-,29+,30+,31?,35-,36+/m1/s1. The molecular formula is C36H43N3O6S. The molecular weight excluding hydrogens is 602 g/mol. The van der Waals surface area contributed by atoms with Crippen LogP contribution in [0.3, 0.4) is 0 Å². The highest BCUT2D eigenvalue weighted by Crippen LogP contribution is 2.66. The van der Waals surface area contributed by atoms with Crippen molar-refractivity contribution in [2.75, 3.05) is 43.2 Å². The lowest BCUT2D eigenvalue weighted by Gasteiger charge is -2.40. The quantitative estimate of drug-likeness (QED) is 0.395. The summed E-state index contributed by atoms with van der Waals surface area (Å²) in [7, 11) is 1.59. The van der Waals surface area contributed by atoms with Gasteiger partial charge in [-0.1, -0.05) is 38.2 Å². The first kappa shape index (κ1) is 32.2. The highest BCUT2D eigenvalue weighted by Gasteiger charge is 2.74. The number of nitrogens with zero attached hydrogens (tertiary/aromatic N) is 3. The third-order valence-electron chi connectivity index (χ3n) is 9.69. The Balaban J connectivity index is 1.45. The Morgan fingerprint density at radius 2 is 1.46 bits per heavy atom. The first-order valence-corrected chi connectivity index (χ1v) is 16.9. The van der Waals surface area contributed by atoms with Crippen LogP contribution in [0.2, 0.25) is 0 Å². The summed E-state index contributed by atoms with van der Waals surface area (Å²) in [5.41, 5.74) is 1.41. The van der Waals surface area contributed by atoms with Crippen LogP contribution >= 0.6 is 11.8 Å². The van der Waals surface area contributed by atoms with E-state index in [4.69, 9.17) is 9.47 Å². The van der Waals surface area contributed by atoms with Gasteiger partial charge in [-0.2, -0.15) is 0 Å². The van der Waals surface area contributed by atoms with Crippen molar-refractivity contribution in [2.45, 2.75) is 55.7 Å². The number of anilines is 2. The van der Waals surface area contributed by atoms with E-state index in [1.54, 1.807) is 33.6 Å². The monoisotopic (exact) mass is 645 g/mol. The maximum absolute atomic E-state index is 14.9. The summed E-state index contributed by atoms with van der Waals surface area (Å²) in [6, 6.07) is 13.3. The minimum absolute atomic E-state index is 0.151. The van der Waals surface area contributed by atoms with Crippen LogP contribution < -0.4 is 19.3 Å². The van der Waals surface area contributed by atoms with E-state index in [1.807, 2.05) is 94.5 Å². The van der Waals surface area contributed by atoms with Crippen LogP contribution in [0.1, 0.15) is 34.1 Å². The lowest BCUT2D eigenvalue weighted by atomic mass is 9.74. The van der Waals surface area contributed by atoms with Crippen molar-refractivity contribution in [3.63, 3.8) is 0 Å². The van der Waals surface area contributed by atoms with Crippen molar-refractivity contribution in [3.05, 3.63) is 72.8 Å². The molecule has 244 valence electrons. The average molecular weight is 646 g/mol. The molecule has 1 unspecified atom stereocenters. The molecule has 1 spiro atoms. The van der Waals surface area contributed by atoms with Gasteiger partial charge in [0, 0.05) is 29.2 Å². The number of ether oxygens (including phenoxy) is 2. The van der Waals surface area contributed by atoms with Crippen molar-refractivity contribution >= 4 is 40.9 Å². The van der Waals surface area contributed by atoms with Gasteiger partial charge in [0.15, 0.2) is 0 Å². The molecule has 6 atom stereocenters. The van der Waals surface area contributed by atoms with Crippen LogP contribution in [-0.2, 0) is 14.4 Å². The largest absolute Gasteiger partial charge is 0.497 e.